The summed E-state index contributed by atoms with van der Waals surface area (Å²) in [5.74, 6) is 0.395. The monoisotopic (exact) mass is 303 g/mol. The molecule has 2 aliphatic rings. The van der Waals surface area contributed by atoms with Gasteiger partial charge in [0.05, 0.1) is 12.3 Å². The molecule has 1 N–H and O–H groups in total. The summed E-state index contributed by atoms with van der Waals surface area (Å²) in [5, 5.41) is 3.20. The van der Waals surface area contributed by atoms with Gasteiger partial charge < -0.3 is 10.2 Å². The minimum absolute atomic E-state index is 0.132. The molecule has 20 heavy (non-hydrogen) atoms. The topological polar surface area (TPSA) is 69.7 Å². The molecule has 0 aromatic heterocycles. The normalized spacial score (nSPS) is 30.3. The summed E-state index contributed by atoms with van der Waals surface area (Å²) in [7, 11) is -3.11. The van der Waals surface area contributed by atoms with Gasteiger partial charge >= 0.3 is 0 Å². The van der Waals surface area contributed by atoms with E-state index >= 15 is 0 Å². The predicted octanol–water partition coefficient (Wildman–Crippen LogP) is -0.132. The molecule has 2 fully saturated rings. The van der Waals surface area contributed by atoms with Crippen molar-refractivity contribution in [2.24, 2.45) is 5.92 Å². The quantitative estimate of drug-likeness (QED) is 0.788. The molecule has 116 valence electrons. The van der Waals surface area contributed by atoms with E-state index < -0.39 is 10.0 Å². The summed E-state index contributed by atoms with van der Waals surface area (Å²) in [6.45, 7) is 5.36. The van der Waals surface area contributed by atoms with Gasteiger partial charge in [-0.05, 0) is 38.6 Å². The van der Waals surface area contributed by atoms with Gasteiger partial charge in [-0.2, -0.15) is 0 Å². The van der Waals surface area contributed by atoms with E-state index in [-0.39, 0.29) is 17.9 Å². The molecule has 2 unspecified atom stereocenters. The number of hydrogen-bond donors (Lipinski definition) is 1. The van der Waals surface area contributed by atoms with Crippen molar-refractivity contribution in [3.8, 4) is 0 Å². The summed E-state index contributed by atoms with van der Waals surface area (Å²) >= 11 is 0. The average Bonchev–Trinajstić information content (AvgIpc) is 2.54. The number of amides is 1. The van der Waals surface area contributed by atoms with Gasteiger partial charge in [0.15, 0.2) is 0 Å². The van der Waals surface area contributed by atoms with Crippen molar-refractivity contribution in [1.29, 1.82) is 0 Å². The number of carbonyl (C=O) groups is 1. The molecule has 2 aliphatic heterocycles. The van der Waals surface area contributed by atoms with Crippen molar-refractivity contribution in [3.63, 3.8) is 0 Å². The minimum Gasteiger partial charge on any atom is -0.341 e. The second-order valence-electron chi connectivity index (χ2n) is 5.94. The van der Waals surface area contributed by atoms with Crippen LogP contribution in [-0.2, 0) is 14.8 Å². The van der Waals surface area contributed by atoms with Crippen LogP contribution in [0.5, 0.6) is 0 Å². The zero-order valence-corrected chi connectivity index (χ0v) is 13.2. The predicted molar refractivity (Wildman–Crippen MR) is 77.8 cm³/mol. The Balaban J connectivity index is 1.96. The third-order valence-electron chi connectivity index (χ3n) is 4.17. The van der Waals surface area contributed by atoms with Crippen molar-refractivity contribution >= 4 is 15.9 Å². The first kappa shape index (κ1) is 15.7. The summed E-state index contributed by atoms with van der Waals surface area (Å²) < 4.78 is 24.8. The van der Waals surface area contributed by atoms with E-state index in [4.69, 9.17) is 0 Å². The molecule has 0 aromatic rings. The van der Waals surface area contributed by atoms with E-state index in [1.54, 1.807) is 4.31 Å². The number of nitrogens with zero attached hydrogens (tertiary/aromatic N) is 2. The Bertz CT molecular complexity index is 452. The van der Waals surface area contributed by atoms with Crippen LogP contribution in [-0.4, -0.2) is 68.6 Å². The molecule has 0 aromatic carbocycles. The summed E-state index contributed by atoms with van der Waals surface area (Å²) in [4.78, 5) is 14.1. The van der Waals surface area contributed by atoms with Crippen LogP contribution < -0.4 is 5.32 Å². The second kappa shape index (κ2) is 6.41. The highest BCUT2D eigenvalue weighted by Crippen LogP contribution is 2.20. The molecule has 0 spiro atoms. The van der Waals surface area contributed by atoms with Crippen molar-refractivity contribution in [2.75, 3.05) is 39.0 Å². The van der Waals surface area contributed by atoms with Crippen LogP contribution in [0, 0.1) is 5.92 Å². The third-order valence-corrected chi connectivity index (χ3v) is 5.44. The van der Waals surface area contributed by atoms with Gasteiger partial charge in [0.2, 0.25) is 15.9 Å². The SMILES string of the molecule is CC1NCCCN(CC2CCCN(S(C)(=O)=O)C2)C1=O. The Morgan fingerprint density at radius 1 is 1.30 bits per heavy atom. The van der Waals surface area contributed by atoms with Crippen LogP contribution in [0.3, 0.4) is 0 Å². The Hall–Kier alpha value is -0.660. The molecule has 1 amide bonds. The largest absolute Gasteiger partial charge is 0.341 e. The standard InChI is InChI=1S/C13H25N3O3S/c1-11-13(17)15(7-4-6-14-11)9-12-5-3-8-16(10-12)20(2,18)19/h11-12,14H,3-10H2,1-2H3. The lowest BCUT2D eigenvalue weighted by molar-refractivity contribution is -0.133. The molecule has 6 nitrogen and oxygen atoms in total. The number of piperidine rings is 1. The molecular formula is C13H25N3O3S. The number of rotatable bonds is 3. The molecule has 0 radical (unpaired) electrons. The Morgan fingerprint density at radius 3 is 2.75 bits per heavy atom. The van der Waals surface area contributed by atoms with Gasteiger partial charge in [0.25, 0.3) is 0 Å². The highest BCUT2D eigenvalue weighted by molar-refractivity contribution is 7.88. The molecule has 0 saturated carbocycles. The fourth-order valence-corrected chi connectivity index (χ4v) is 3.97. The van der Waals surface area contributed by atoms with Crippen LogP contribution in [0.15, 0.2) is 0 Å². The van der Waals surface area contributed by atoms with Gasteiger partial charge in [-0.25, -0.2) is 12.7 Å². The maximum absolute atomic E-state index is 12.2. The first-order valence-corrected chi connectivity index (χ1v) is 9.20. The molecule has 2 atom stereocenters. The van der Waals surface area contributed by atoms with Crippen LogP contribution in [0.4, 0.5) is 0 Å². The average molecular weight is 303 g/mol. The first-order valence-electron chi connectivity index (χ1n) is 7.35. The highest BCUT2D eigenvalue weighted by Gasteiger charge is 2.30. The van der Waals surface area contributed by atoms with Crippen LogP contribution in [0.25, 0.3) is 0 Å². The Kier molecular flexibility index (Phi) is 5.04. The molecular weight excluding hydrogens is 278 g/mol. The number of hydrogen-bond acceptors (Lipinski definition) is 4. The van der Waals surface area contributed by atoms with E-state index in [9.17, 15) is 13.2 Å². The number of carbonyl (C=O) groups excluding carboxylic acids is 1. The molecule has 2 saturated heterocycles. The van der Waals surface area contributed by atoms with Crippen LogP contribution >= 0.6 is 0 Å². The van der Waals surface area contributed by atoms with E-state index in [2.05, 4.69) is 5.32 Å². The zero-order valence-electron chi connectivity index (χ0n) is 12.3. The second-order valence-corrected chi connectivity index (χ2v) is 7.93. The molecule has 0 bridgehead atoms. The first-order chi connectivity index (χ1) is 9.38. The van der Waals surface area contributed by atoms with E-state index in [0.717, 1.165) is 32.4 Å². The summed E-state index contributed by atoms with van der Waals surface area (Å²) in [6.07, 6.45) is 4.10. The van der Waals surface area contributed by atoms with Crippen molar-refractivity contribution in [1.82, 2.24) is 14.5 Å². The number of nitrogens with one attached hydrogen (secondary N) is 1. The van der Waals surface area contributed by atoms with E-state index in [0.29, 0.717) is 19.6 Å². The smallest absolute Gasteiger partial charge is 0.239 e. The number of sulfonamides is 1. The fourth-order valence-electron chi connectivity index (χ4n) is 3.03. The highest BCUT2D eigenvalue weighted by atomic mass is 32.2. The van der Waals surface area contributed by atoms with Gasteiger partial charge in [-0.1, -0.05) is 0 Å². The van der Waals surface area contributed by atoms with Gasteiger partial charge in [-0.15, -0.1) is 0 Å². The maximum atomic E-state index is 12.2. The lowest BCUT2D eigenvalue weighted by Gasteiger charge is -2.34. The van der Waals surface area contributed by atoms with Gasteiger partial charge in [0.1, 0.15) is 0 Å². The fraction of sp³-hybridized carbons (Fsp3) is 0.923. The maximum Gasteiger partial charge on any atom is 0.239 e. The Morgan fingerprint density at radius 2 is 2.05 bits per heavy atom. The summed E-state index contributed by atoms with van der Waals surface area (Å²) in [5.41, 5.74) is 0. The van der Waals surface area contributed by atoms with Gasteiger partial charge in [-0.3, -0.25) is 4.79 Å². The van der Waals surface area contributed by atoms with E-state index in [1.165, 1.54) is 6.26 Å². The Labute approximate surface area is 121 Å². The molecule has 2 heterocycles. The zero-order chi connectivity index (χ0) is 14.8. The van der Waals surface area contributed by atoms with Gasteiger partial charge in [0, 0.05) is 26.2 Å². The van der Waals surface area contributed by atoms with Crippen molar-refractivity contribution in [2.45, 2.75) is 32.2 Å². The molecule has 0 aliphatic carbocycles. The third kappa shape index (κ3) is 3.93. The summed E-state index contributed by atoms with van der Waals surface area (Å²) in [6, 6.07) is -0.132. The lowest BCUT2D eigenvalue weighted by atomic mass is 9.98. The van der Waals surface area contributed by atoms with Crippen LogP contribution in [0.2, 0.25) is 0 Å². The van der Waals surface area contributed by atoms with Crippen molar-refractivity contribution in [3.05, 3.63) is 0 Å². The van der Waals surface area contributed by atoms with E-state index in [1.807, 2.05) is 11.8 Å². The minimum atomic E-state index is -3.11. The molecule has 7 heteroatoms. The molecule has 2 rings (SSSR count). The lowest BCUT2D eigenvalue weighted by Crippen LogP contribution is -2.47. The van der Waals surface area contributed by atoms with Crippen molar-refractivity contribution < 1.29 is 13.2 Å². The van der Waals surface area contributed by atoms with Crippen LogP contribution in [0.1, 0.15) is 26.2 Å².